The first-order chi connectivity index (χ1) is 9.78. The zero-order chi connectivity index (χ0) is 14.2. The Morgan fingerprint density at radius 1 is 1.40 bits per heavy atom. The van der Waals surface area contributed by atoms with Crippen LogP contribution in [0.1, 0.15) is 32.4 Å². The Bertz CT molecular complexity index is 500. The first-order valence-electron chi connectivity index (χ1n) is 7.01. The molecule has 0 aliphatic carbocycles. The smallest absolute Gasteiger partial charge is 0.218 e. The molecule has 5 nitrogen and oxygen atoms in total. The fourth-order valence-corrected chi connectivity index (χ4v) is 1.84. The third-order valence-electron chi connectivity index (χ3n) is 2.89. The molecule has 2 aromatic rings. The maximum Gasteiger partial charge on any atom is 0.218 e. The van der Waals surface area contributed by atoms with Crippen molar-refractivity contribution in [2.24, 2.45) is 0 Å². The lowest BCUT2D eigenvalue weighted by Crippen LogP contribution is -2.17. The number of aryl methyl sites for hydroxylation is 1. The van der Waals surface area contributed by atoms with E-state index >= 15 is 0 Å². The minimum absolute atomic E-state index is 0.300. The van der Waals surface area contributed by atoms with Gasteiger partial charge in [-0.2, -0.15) is 0 Å². The van der Waals surface area contributed by atoms with Crippen LogP contribution in [0.4, 0.5) is 5.82 Å². The van der Waals surface area contributed by atoms with Crippen LogP contribution < -0.4 is 10.1 Å². The lowest BCUT2D eigenvalue weighted by Gasteiger charge is -2.14. The summed E-state index contributed by atoms with van der Waals surface area (Å²) in [4.78, 5) is 8.29. The monoisotopic (exact) mass is 275 g/mol. The molecule has 0 aliphatic heterocycles. The highest BCUT2D eigenvalue weighted by atomic mass is 16.5. The summed E-state index contributed by atoms with van der Waals surface area (Å²) < 4.78 is 10.8. The molecule has 0 aromatic carbocycles. The molecule has 0 fully saturated rings. The molecule has 0 amide bonds. The van der Waals surface area contributed by atoms with Crippen LogP contribution in [0.5, 0.6) is 5.88 Å². The number of nitrogens with zero attached hydrogens (tertiary/aromatic N) is 2. The Hall–Kier alpha value is -2.04. The fourth-order valence-electron chi connectivity index (χ4n) is 1.84. The van der Waals surface area contributed by atoms with Crippen molar-refractivity contribution in [3.05, 3.63) is 36.5 Å². The number of hydrogen-bond donors (Lipinski definition) is 1. The van der Waals surface area contributed by atoms with Crippen LogP contribution in [-0.4, -0.2) is 22.6 Å². The van der Waals surface area contributed by atoms with Crippen LogP contribution >= 0.6 is 0 Å². The van der Waals surface area contributed by atoms with Gasteiger partial charge in [0, 0.05) is 18.5 Å². The Morgan fingerprint density at radius 3 is 3.05 bits per heavy atom. The summed E-state index contributed by atoms with van der Waals surface area (Å²) in [6.07, 6.45) is 6.07. The summed E-state index contributed by atoms with van der Waals surface area (Å²) in [5.41, 5.74) is 0. The lowest BCUT2D eigenvalue weighted by molar-refractivity contribution is 0.305. The molecule has 1 atom stereocenters. The molecule has 0 saturated heterocycles. The van der Waals surface area contributed by atoms with Crippen LogP contribution in [0.25, 0.3) is 0 Å². The second kappa shape index (κ2) is 7.53. The molecule has 0 saturated carbocycles. The van der Waals surface area contributed by atoms with Crippen molar-refractivity contribution in [1.82, 2.24) is 9.97 Å². The molecule has 0 spiro atoms. The fraction of sp³-hybridized carbons (Fsp3) is 0.467. The predicted molar refractivity (Wildman–Crippen MR) is 77.9 cm³/mol. The van der Waals surface area contributed by atoms with Gasteiger partial charge in [0.15, 0.2) is 0 Å². The SMILES string of the molecule is CCCOc1cc(NC(C)CCc2ccco2)ncn1. The maximum absolute atomic E-state index is 5.49. The minimum atomic E-state index is 0.300. The average Bonchev–Trinajstić information content (AvgIpc) is 2.97. The van der Waals surface area contributed by atoms with Gasteiger partial charge < -0.3 is 14.5 Å². The van der Waals surface area contributed by atoms with Gasteiger partial charge in [-0.1, -0.05) is 6.92 Å². The topological polar surface area (TPSA) is 60.2 Å². The molecule has 108 valence electrons. The van der Waals surface area contributed by atoms with Crippen molar-refractivity contribution in [1.29, 1.82) is 0 Å². The second-order valence-corrected chi connectivity index (χ2v) is 4.75. The van der Waals surface area contributed by atoms with E-state index < -0.39 is 0 Å². The van der Waals surface area contributed by atoms with E-state index in [2.05, 4.69) is 29.1 Å². The van der Waals surface area contributed by atoms with Crippen LogP contribution in [0.3, 0.4) is 0 Å². The molecule has 0 bridgehead atoms. The van der Waals surface area contributed by atoms with Gasteiger partial charge in [0.05, 0.1) is 12.9 Å². The summed E-state index contributed by atoms with van der Waals surface area (Å²) in [7, 11) is 0. The molecule has 2 heterocycles. The average molecular weight is 275 g/mol. The predicted octanol–water partition coefficient (Wildman–Crippen LogP) is 3.29. The molecule has 20 heavy (non-hydrogen) atoms. The standard InChI is InChI=1S/C15H21N3O2/c1-3-8-20-15-10-14(16-11-17-15)18-12(2)6-7-13-5-4-9-19-13/h4-5,9-12H,3,6-8H2,1-2H3,(H,16,17,18). The number of ether oxygens (including phenoxy) is 1. The zero-order valence-electron chi connectivity index (χ0n) is 12.0. The number of aromatic nitrogens is 2. The zero-order valence-corrected chi connectivity index (χ0v) is 12.0. The number of hydrogen-bond acceptors (Lipinski definition) is 5. The molecule has 0 radical (unpaired) electrons. The van der Waals surface area contributed by atoms with Gasteiger partial charge in [0.1, 0.15) is 17.9 Å². The second-order valence-electron chi connectivity index (χ2n) is 4.75. The molecular formula is C15H21N3O2. The first-order valence-corrected chi connectivity index (χ1v) is 7.01. The molecule has 0 aliphatic rings. The third-order valence-corrected chi connectivity index (χ3v) is 2.89. The van der Waals surface area contributed by atoms with Gasteiger partial charge in [0.2, 0.25) is 5.88 Å². The molecular weight excluding hydrogens is 254 g/mol. The Labute approximate surface area is 119 Å². The number of anilines is 1. The van der Waals surface area contributed by atoms with E-state index in [0.29, 0.717) is 18.5 Å². The quantitative estimate of drug-likeness (QED) is 0.801. The molecule has 1 unspecified atom stereocenters. The van der Waals surface area contributed by atoms with E-state index in [-0.39, 0.29) is 0 Å². The highest BCUT2D eigenvalue weighted by Crippen LogP contribution is 2.14. The normalized spacial score (nSPS) is 12.1. The lowest BCUT2D eigenvalue weighted by atomic mass is 10.1. The molecule has 5 heteroatoms. The van der Waals surface area contributed by atoms with E-state index in [9.17, 15) is 0 Å². The van der Waals surface area contributed by atoms with Gasteiger partial charge in [-0.25, -0.2) is 9.97 Å². The summed E-state index contributed by atoms with van der Waals surface area (Å²) >= 11 is 0. The van der Waals surface area contributed by atoms with Crippen molar-refractivity contribution >= 4 is 5.82 Å². The van der Waals surface area contributed by atoms with Gasteiger partial charge in [-0.05, 0) is 31.9 Å². The number of rotatable bonds is 8. The van der Waals surface area contributed by atoms with Gasteiger partial charge in [0.25, 0.3) is 0 Å². The summed E-state index contributed by atoms with van der Waals surface area (Å²) in [6.45, 7) is 4.86. The van der Waals surface area contributed by atoms with E-state index in [1.165, 1.54) is 6.33 Å². The summed E-state index contributed by atoms with van der Waals surface area (Å²) in [6, 6.07) is 6.04. The number of furan rings is 1. The highest BCUT2D eigenvalue weighted by Gasteiger charge is 2.06. The van der Waals surface area contributed by atoms with E-state index in [1.54, 1.807) is 6.26 Å². The van der Waals surface area contributed by atoms with Gasteiger partial charge in [-0.3, -0.25) is 0 Å². The van der Waals surface area contributed by atoms with Crippen molar-refractivity contribution in [3.8, 4) is 5.88 Å². The van der Waals surface area contributed by atoms with Crippen molar-refractivity contribution in [2.45, 2.75) is 39.2 Å². The van der Waals surface area contributed by atoms with E-state index in [1.807, 2.05) is 18.2 Å². The minimum Gasteiger partial charge on any atom is -0.478 e. The maximum atomic E-state index is 5.49. The Morgan fingerprint density at radius 2 is 2.30 bits per heavy atom. The number of nitrogens with one attached hydrogen (secondary N) is 1. The third kappa shape index (κ3) is 4.57. The van der Waals surface area contributed by atoms with Crippen LogP contribution in [0.15, 0.2) is 35.2 Å². The largest absolute Gasteiger partial charge is 0.478 e. The molecule has 2 aromatic heterocycles. The van der Waals surface area contributed by atoms with Gasteiger partial charge in [-0.15, -0.1) is 0 Å². The Balaban J connectivity index is 1.82. The highest BCUT2D eigenvalue weighted by molar-refractivity contribution is 5.37. The summed E-state index contributed by atoms with van der Waals surface area (Å²) in [5, 5.41) is 3.35. The summed E-state index contributed by atoms with van der Waals surface area (Å²) in [5.74, 6) is 2.41. The molecule has 2 rings (SSSR count). The van der Waals surface area contributed by atoms with Crippen molar-refractivity contribution < 1.29 is 9.15 Å². The van der Waals surface area contributed by atoms with E-state index in [4.69, 9.17) is 9.15 Å². The Kier molecular flexibility index (Phi) is 5.41. The molecule has 1 N–H and O–H groups in total. The first kappa shape index (κ1) is 14.4. The van der Waals surface area contributed by atoms with Crippen molar-refractivity contribution in [2.75, 3.05) is 11.9 Å². The van der Waals surface area contributed by atoms with Crippen LogP contribution in [-0.2, 0) is 6.42 Å². The van der Waals surface area contributed by atoms with Gasteiger partial charge >= 0.3 is 0 Å². The van der Waals surface area contributed by atoms with Crippen LogP contribution in [0.2, 0.25) is 0 Å². The van der Waals surface area contributed by atoms with Crippen molar-refractivity contribution in [3.63, 3.8) is 0 Å². The van der Waals surface area contributed by atoms with Crippen LogP contribution in [0, 0.1) is 0 Å². The van der Waals surface area contributed by atoms with E-state index in [0.717, 1.165) is 30.8 Å².